The Morgan fingerprint density at radius 3 is 2.32 bits per heavy atom. The van der Waals surface area contributed by atoms with Crippen molar-refractivity contribution in [2.45, 2.75) is 38.8 Å². The van der Waals surface area contributed by atoms with Gasteiger partial charge in [0.25, 0.3) is 5.91 Å². The van der Waals surface area contributed by atoms with Gasteiger partial charge in [-0.2, -0.15) is 13.2 Å². The van der Waals surface area contributed by atoms with Crippen LogP contribution in [0.15, 0.2) is 89.5 Å². The van der Waals surface area contributed by atoms with Crippen molar-refractivity contribution in [1.82, 2.24) is 15.2 Å². The molecule has 1 heterocycles. The Bertz CT molecular complexity index is 1340. The summed E-state index contributed by atoms with van der Waals surface area (Å²) in [6.45, 7) is 2.62. The SMILES string of the molecule is CC(NC(=O)c1coc(CN(Cc2cccc(Cl)c2)Cc2cccc(C(F)(F)F)c2)n1)c1ccccc1. The number of nitrogens with zero attached hydrogens (tertiary/aromatic N) is 2. The number of amides is 1. The average Bonchev–Trinajstić information content (AvgIpc) is 3.33. The van der Waals surface area contributed by atoms with Crippen molar-refractivity contribution in [2.24, 2.45) is 0 Å². The van der Waals surface area contributed by atoms with Gasteiger partial charge in [-0.05, 0) is 41.8 Å². The molecule has 9 heteroatoms. The van der Waals surface area contributed by atoms with Gasteiger partial charge in [-0.25, -0.2) is 4.98 Å². The topological polar surface area (TPSA) is 58.4 Å². The Labute approximate surface area is 217 Å². The van der Waals surface area contributed by atoms with Gasteiger partial charge in [-0.15, -0.1) is 0 Å². The Balaban J connectivity index is 1.50. The molecular formula is C28H25ClF3N3O2. The molecule has 1 aromatic heterocycles. The standard InChI is InChI=1S/C28H25ClF3N3O2/c1-19(22-9-3-2-4-10-22)33-27(36)25-18-37-26(34-25)17-35(16-21-8-6-12-24(29)14-21)15-20-7-5-11-23(13-20)28(30,31)32/h2-14,18-19H,15-17H2,1H3,(H,33,36). The number of hydrogen-bond acceptors (Lipinski definition) is 4. The monoisotopic (exact) mass is 527 g/mol. The number of halogens is 4. The van der Waals surface area contributed by atoms with Gasteiger partial charge < -0.3 is 9.73 Å². The third-order valence-electron chi connectivity index (χ3n) is 5.75. The Morgan fingerprint density at radius 1 is 0.973 bits per heavy atom. The Kier molecular flexibility index (Phi) is 8.31. The smallest absolute Gasteiger partial charge is 0.416 e. The number of carbonyl (C=O) groups excluding carboxylic acids is 1. The van der Waals surface area contributed by atoms with E-state index in [2.05, 4.69) is 10.3 Å². The molecule has 0 aliphatic carbocycles. The maximum atomic E-state index is 13.2. The Hall–Kier alpha value is -3.62. The third kappa shape index (κ3) is 7.44. The van der Waals surface area contributed by atoms with Gasteiger partial charge in [0, 0.05) is 18.1 Å². The molecule has 0 spiro atoms. The molecule has 0 aliphatic rings. The first kappa shape index (κ1) is 26.4. The van der Waals surface area contributed by atoms with Gasteiger partial charge in [0.1, 0.15) is 6.26 Å². The summed E-state index contributed by atoms with van der Waals surface area (Å²) in [6.07, 6.45) is -3.15. The minimum Gasteiger partial charge on any atom is -0.447 e. The fourth-order valence-corrected chi connectivity index (χ4v) is 4.15. The van der Waals surface area contributed by atoms with Gasteiger partial charge in [-0.3, -0.25) is 9.69 Å². The van der Waals surface area contributed by atoms with Crippen LogP contribution in [0.4, 0.5) is 13.2 Å². The first-order chi connectivity index (χ1) is 17.7. The van der Waals surface area contributed by atoms with Crippen molar-refractivity contribution in [2.75, 3.05) is 0 Å². The van der Waals surface area contributed by atoms with Crippen LogP contribution >= 0.6 is 11.6 Å². The summed E-state index contributed by atoms with van der Waals surface area (Å²) in [5.74, 6) is -0.114. The molecule has 0 radical (unpaired) electrons. The van der Waals surface area contributed by atoms with E-state index in [9.17, 15) is 18.0 Å². The third-order valence-corrected chi connectivity index (χ3v) is 5.98. The fraction of sp³-hybridized carbons (Fsp3) is 0.214. The van der Waals surface area contributed by atoms with Crippen LogP contribution in [0.1, 0.15) is 51.6 Å². The number of alkyl halides is 3. The first-order valence-electron chi connectivity index (χ1n) is 11.6. The van der Waals surface area contributed by atoms with E-state index >= 15 is 0 Å². The second-order valence-electron chi connectivity index (χ2n) is 8.71. The molecule has 0 fully saturated rings. The minimum absolute atomic E-state index is 0.125. The molecule has 4 rings (SSSR count). The number of benzene rings is 3. The molecule has 0 saturated heterocycles. The highest BCUT2D eigenvalue weighted by Crippen LogP contribution is 2.30. The summed E-state index contributed by atoms with van der Waals surface area (Å²) in [6, 6.07) is 21.7. The van der Waals surface area contributed by atoms with E-state index in [1.807, 2.05) is 54.3 Å². The maximum Gasteiger partial charge on any atom is 0.416 e. The van der Waals surface area contributed by atoms with Crippen LogP contribution in [0.2, 0.25) is 5.02 Å². The van der Waals surface area contributed by atoms with E-state index < -0.39 is 11.7 Å². The van der Waals surface area contributed by atoms with Crippen molar-refractivity contribution < 1.29 is 22.4 Å². The predicted molar refractivity (Wildman–Crippen MR) is 135 cm³/mol. The largest absolute Gasteiger partial charge is 0.447 e. The van der Waals surface area contributed by atoms with E-state index in [1.165, 1.54) is 12.3 Å². The molecule has 3 aromatic carbocycles. The molecule has 4 aromatic rings. The molecule has 0 aliphatic heterocycles. The van der Waals surface area contributed by atoms with Crippen LogP contribution in [0.3, 0.4) is 0 Å². The van der Waals surface area contributed by atoms with Gasteiger partial charge in [0.2, 0.25) is 5.89 Å². The van der Waals surface area contributed by atoms with Gasteiger partial charge >= 0.3 is 6.18 Å². The van der Waals surface area contributed by atoms with Crippen molar-refractivity contribution >= 4 is 17.5 Å². The fourth-order valence-electron chi connectivity index (χ4n) is 3.94. The van der Waals surface area contributed by atoms with E-state index in [0.717, 1.165) is 23.3 Å². The van der Waals surface area contributed by atoms with Gasteiger partial charge in [0.05, 0.1) is 18.2 Å². The highest BCUT2D eigenvalue weighted by Gasteiger charge is 2.30. The molecule has 1 amide bonds. The second-order valence-corrected chi connectivity index (χ2v) is 9.14. The molecule has 1 unspecified atom stereocenters. The molecule has 0 saturated carbocycles. The lowest BCUT2D eigenvalue weighted by molar-refractivity contribution is -0.137. The first-order valence-corrected chi connectivity index (χ1v) is 12.0. The minimum atomic E-state index is -4.44. The quantitative estimate of drug-likeness (QED) is 0.253. The van der Waals surface area contributed by atoms with Crippen molar-refractivity contribution in [1.29, 1.82) is 0 Å². The highest BCUT2D eigenvalue weighted by atomic mass is 35.5. The molecule has 0 bridgehead atoms. The lowest BCUT2D eigenvalue weighted by atomic mass is 10.1. The summed E-state index contributed by atoms with van der Waals surface area (Å²) in [7, 11) is 0. The van der Waals surface area contributed by atoms with Crippen LogP contribution in [0, 0.1) is 0 Å². The second kappa shape index (κ2) is 11.6. The number of carbonyl (C=O) groups is 1. The van der Waals surface area contributed by atoms with Crippen molar-refractivity contribution in [3.8, 4) is 0 Å². The van der Waals surface area contributed by atoms with Gasteiger partial charge in [-0.1, -0.05) is 72.3 Å². The van der Waals surface area contributed by atoms with Crippen LogP contribution in [0.5, 0.6) is 0 Å². The molecular weight excluding hydrogens is 503 g/mol. The molecule has 37 heavy (non-hydrogen) atoms. The normalized spacial score (nSPS) is 12.5. The lowest BCUT2D eigenvalue weighted by Gasteiger charge is -2.22. The number of aromatic nitrogens is 1. The van der Waals surface area contributed by atoms with Crippen LogP contribution < -0.4 is 5.32 Å². The lowest BCUT2D eigenvalue weighted by Crippen LogP contribution is -2.27. The number of rotatable bonds is 9. The summed E-state index contributed by atoms with van der Waals surface area (Å²) in [5.41, 5.74) is 1.72. The summed E-state index contributed by atoms with van der Waals surface area (Å²) < 4.78 is 45.2. The summed E-state index contributed by atoms with van der Waals surface area (Å²) in [4.78, 5) is 18.9. The molecule has 1 N–H and O–H groups in total. The summed E-state index contributed by atoms with van der Waals surface area (Å²) >= 11 is 6.12. The number of hydrogen-bond donors (Lipinski definition) is 1. The van der Waals surface area contributed by atoms with Crippen molar-refractivity contribution in [3.63, 3.8) is 0 Å². The zero-order valence-corrected chi connectivity index (χ0v) is 20.8. The average molecular weight is 528 g/mol. The molecule has 192 valence electrons. The van der Waals surface area contributed by atoms with Gasteiger partial charge in [0.15, 0.2) is 5.69 Å². The number of nitrogens with one attached hydrogen (secondary N) is 1. The predicted octanol–water partition coefficient (Wildman–Crippen LogP) is 7.04. The van der Waals surface area contributed by atoms with E-state index in [1.54, 1.807) is 18.2 Å². The zero-order chi connectivity index (χ0) is 26.4. The highest BCUT2D eigenvalue weighted by molar-refractivity contribution is 6.30. The number of oxazole rings is 1. The molecule has 5 nitrogen and oxygen atoms in total. The van der Waals surface area contributed by atoms with Crippen LogP contribution in [0.25, 0.3) is 0 Å². The van der Waals surface area contributed by atoms with Crippen molar-refractivity contribution in [3.05, 3.63) is 124 Å². The molecule has 1 atom stereocenters. The van der Waals surface area contributed by atoms with Crippen LogP contribution in [-0.4, -0.2) is 15.8 Å². The Morgan fingerprint density at radius 2 is 1.65 bits per heavy atom. The van der Waals surface area contributed by atoms with E-state index in [-0.39, 0.29) is 36.6 Å². The summed E-state index contributed by atoms with van der Waals surface area (Å²) in [5, 5.41) is 3.44. The zero-order valence-electron chi connectivity index (χ0n) is 20.0. The van der Waals surface area contributed by atoms with Crippen LogP contribution in [-0.2, 0) is 25.8 Å². The van der Waals surface area contributed by atoms with E-state index in [0.29, 0.717) is 17.1 Å². The maximum absolute atomic E-state index is 13.2. The van der Waals surface area contributed by atoms with E-state index in [4.69, 9.17) is 16.0 Å².